The minimum Gasteiger partial charge on any atom is -0.390 e. The van der Waals surface area contributed by atoms with Crippen LogP contribution < -0.4 is 0 Å². The molecular formula is C26H42O3. The van der Waals surface area contributed by atoms with Gasteiger partial charge in [-0.2, -0.15) is 0 Å². The van der Waals surface area contributed by atoms with E-state index in [0.717, 1.165) is 38.5 Å². The molecule has 0 aromatic heterocycles. The van der Waals surface area contributed by atoms with E-state index in [0.29, 0.717) is 54.0 Å². The lowest BCUT2D eigenvalue weighted by atomic mass is 9.44. The Hall–Kier alpha value is -0.700. The van der Waals surface area contributed by atoms with Gasteiger partial charge in [0.2, 0.25) is 0 Å². The molecule has 3 nitrogen and oxygen atoms in total. The monoisotopic (exact) mass is 402 g/mol. The highest BCUT2D eigenvalue weighted by Crippen LogP contribution is 2.67. The summed E-state index contributed by atoms with van der Waals surface area (Å²) in [6.07, 6.45) is 9.74. The average Bonchev–Trinajstić information content (AvgIpc) is 2.96. The van der Waals surface area contributed by atoms with Crippen LogP contribution in [0.2, 0.25) is 0 Å². The van der Waals surface area contributed by atoms with Gasteiger partial charge in [-0.3, -0.25) is 9.59 Å². The summed E-state index contributed by atoms with van der Waals surface area (Å²) in [5, 5.41) is 10.2. The van der Waals surface area contributed by atoms with Crippen molar-refractivity contribution in [2.75, 3.05) is 0 Å². The van der Waals surface area contributed by atoms with E-state index in [9.17, 15) is 14.7 Å². The van der Waals surface area contributed by atoms with Crippen molar-refractivity contribution in [2.45, 2.75) is 104 Å². The van der Waals surface area contributed by atoms with Crippen LogP contribution in [-0.2, 0) is 9.59 Å². The number of hydrogen-bond acceptors (Lipinski definition) is 3. The summed E-state index contributed by atoms with van der Waals surface area (Å²) in [5.74, 6) is 3.90. The van der Waals surface area contributed by atoms with Crippen LogP contribution >= 0.6 is 0 Å². The molecule has 3 heteroatoms. The molecule has 0 bridgehead atoms. The number of carbonyl (C=O) groups excluding carboxylic acids is 2. The molecule has 0 saturated heterocycles. The van der Waals surface area contributed by atoms with Gasteiger partial charge in [-0.15, -0.1) is 0 Å². The van der Waals surface area contributed by atoms with Crippen molar-refractivity contribution < 1.29 is 14.7 Å². The van der Waals surface area contributed by atoms with Crippen molar-refractivity contribution in [1.29, 1.82) is 0 Å². The van der Waals surface area contributed by atoms with Crippen molar-refractivity contribution in [3.8, 4) is 0 Å². The third-order valence-corrected chi connectivity index (χ3v) is 10.1. The fraction of sp³-hybridized carbons (Fsp3) is 0.923. The molecule has 0 amide bonds. The molecule has 4 saturated carbocycles. The van der Waals surface area contributed by atoms with Gasteiger partial charge in [0.1, 0.15) is 11.6 Å². The molecule has 0 radical (unpaired) electrons. The Morgan fingerprint density at radius 1 is 1.10 bits per heavy atom. The lowest BCUT2D eigenvalue weighted by molar-refractivity contribution is -0.161. The molecule has 1 N–H and O–H groups in total. The SMILES string of the molecule is C[C@H](CCC(C)(C)O)C1CCC2C3CCC4CC(=O)CCC4(C)C3C(=O)CC21C. The van der Waals surface area contributed by atoms with Crippen molar-refractivity contribution in [3.05, 3.63) is 0 Å². The summed E-state index contributed by atoms with van der Waals surface area (Å²) < 4.78 is 0. The van der Waals surface area contributed by atoms with Gasteiger partial charge in [-0.1, -0.05) is 20.8 Å². The first kappa shape index (κ1) is 21.5. The number of aliphatic hydroxyl groups is 1. The van der Waals surface area contributed by atoms with Crippen molar-refractivity contribution >= 4 is 11.6 Å². The predicted octanol–water partition coefficient (Wildman–Crippen LogP) is 5.58. The molecule has 4 aliphatic rings. The van der Waals surface area contributed by atoms with Gasteiger partial charge in [0, 0.05) is 25.2 Å². The first-order valence-electron chi connectivity index (χ1n) is 12.2. The number of carbonyl (C=O) groups is 2. The minimum absolute atomic E-state index is 0.0554. The van der Waals surface area contributed by atoms with E-state index in [2.05, 4.69) is 20.8 Å². The van der Waals surface area contributed by atoms with E-state index >= 15 is 0 Å². The predicted molar refractivity (Wildman–Crippen MR) is 115 cm³/mol. The summed E-state index contributed by atoms with van der Waals surface area (Å²) in [5.41, 5.74) is -0.420. The van der Waals surface area contributed by atoms with Crippen LogP contribution in [0.15, 0.2) is 0 Å². The van der Waals surface area contributed by atoms with Gasteiger partial charge >= 0.3 is 0 Å². The molecule has 4 aliphatic carbocycles. The summed E-state index contributed by atoms with van der Waals surface area (Å²) in [4.78, 5) is 25.8. The van der Waals surface area contributed by atoms with Crippen LogP contribution in [0.25, 0.3) is 0 Å². The number of hydrogen-bond donors (Lipinski definition) is 1. The lowest BCUT2D eigenvalue weighted by Gasteiger charge is -2.59. The zero-order chi connectivity index (χ0) is 21.2. The lowest BCUT2D eigenvalue weighted by Crippen LogP contribution is -2.57. The average molecular weight is 403 g/mol. The summed E-state index contributed by atoms with van der Waals surface area (Å²) in [6.45, 7) is 10.9. The van der Waals surface area contributed by atoms with Crippen LogP contribution in [0.5, 0.6) is 0 Å². The third-order valence-electron chi connectivity index (χ3n) is 10.1. The van der Waals surface area contributed by atoms with Crippen LogP contribution in [0.4, 0.5) is 0 Å². The molecular weight excluding hydrogens is 360 g/mol. The highest BCUT2D eigenvalue weighted by atomic mass is 16.3. The zero-order valence-corrected chi connectivity index (χ0v) is 19.3. The second kappa shape index (κ2) is 7.18. The number of rotatable bonds is 4. The van der Waals surface area contributed by atoms with E-state index in [-0.39, 0.29) is 16.7 Å². The molecule has 4 rings (SSSR count). The Balaban J connectivity index is 1.56. The van der Waals surface area contributed by atoms with Crippen molar-refractivity contribution in [2.24, 2.45) is 46.3 Å². The highest BCUT2D eigenvalue weighted by molar-refractivity contribution is 5.85. The summed E-state index contributed by atoms with van der Waals surface area (Å²) in [6, 6.07) is 0. The van der Waals surface area contributed by atoms with Crippen LogP contribution in [-0.4, -0.2) is 22.3 Å². The minimum atomic E-state index is -0.605. The molecule has 29 heavy (non-hydrogen) atoms. The maximum atomic E-state index is 13.7. The van der Waals surface area contributed by atoms with Crippen molar-refractivity contribution in [3.63, 3.8) is 0 Å². The van der Waals surface area contributed by atoms with Crippen LogP contribution in [0.1, 0.15) is 98.8 Å². The van der Waals surface area contributed by atoms with Gasteiger partial charge in [0.25, 0.3) is 0 Å². The first-order chi connectivity index (χ1) is 13.5. The van der Waals surface area contributed by atoms with Crippen molar-refractivity contribution in [1.82, 2.24) is 0 Å². The van der Waals surface area contributed by atoms with E-state index in [4.69, 9.17) is 0 Å². The Kier molecular flexibility index (Phi) is 5.33. The first-order valence-corrected chi connectivity index (χ1v) is 12.2. The molecule has 4 fully saturated rings. The van der Waals surface area contributed by atoms with E-state index in [1.165, 1.54) is 12.8 Å². The van der Waals surface area contributed by atoms with Gasteiger partial charge in [0.05, 0.1) is 5.60 Å². The molecule has 7 unspecified atom stereocenters. The standard InChI is InChI=1S/C26H42O3/c1-16(10-12-24(2,3)29)20-8-9-21-19-7-6-17-14-18(27)11-13-25(17,4)23(19)22(28)15-26(20,21)5/h16-17,19-21,23,29H,6-15H2,1-5H3/t16-,17?,19?,20?,21?,23?,25?,26?/m1/s1. The summed E-state index contributed by atoms with van der Waals surface area (Å²) in [7, 11) is 0. The number of ketones is 2. The molecule has 0 spiro atoms. The fourth-order valence-corrected chi connectivity index (χ4v) is 8.61. The Morgan fingerprint density at radius 2 is 1.83 bits per heavy atom. The Labute approximate surface area is 177 Å². The van der Waals surface area contributed by atoms with E-state index < -0.39 is 5.60 Å². The van der Waals surface area contributed by atoms with Gasteiger partial charge < -0.3 is 5.11 Å². The molecule has 8 atom stereocenters. The zero-order valence-electron chi connectivity index (χ0n) is 19.3. The molecule has 164 valence electrons. The quantitative estimate of drug-likeness (QED) is 0.668. The van der Waals surface area contributed by atoms with Gasteiger partial charge in [0.15, 0.2) is 0 Å². The van der Waals surface area contributed by atoms with Gasteiger partial charge in [-0.25, -0.2) is 0 Å². The highest BCUT2D eigenvalue weighted by Gasteiger charge is 2.63. The number of Topliss-reactive ketones (excluding diaryl/α,β-unsaturated/α-hetero) is 2. The molecule has 0 aliphatic heterocycles. The largest absolute Gasteiger partial charge is 0.390 e. The van der Waals surface area contributed by atoms with E-state index in [1.807, 2.05) is 13.8 Å². The molecule has 0 aromatic rings. The maximum Gasteiger partial charge on any atom is 0.137 e. The fourth-order valence-electron chi connectivity index (χ4n) is 8.61. The second-order valence-corrected chi connectivity index (χ2v) is 12.4. The molecule has 0 aromatic carbocycles. The topological polar surface area (TPSA) is 54.4 Å². The normalized spacial score (nSPS) is 46.1. The Bertz CT molecular complexity index is 676. The van der Waals surface area contributed by atoms with Gasteiger partial charge in [-0.05, 0) is 99.2 Å². The smallest absolute Gasteiger partial charge is 0.137 e. The van der Waals surface area contributed by atoms with E-state index in [1.54, 1.807) is 0 Å². The van der Waals surface area contributed by atoms with Crippen LogP contribution in [0, 0.1) is 46.3 Å². The molecule has 0 heterocycles. The number of fused-ring (bicyclic) bond motifs is 5. The Morgan fingerprint density at radius 3 is 2.52 bits per heavy atom. The third kappa shape index (κ3) is 3.54. The van der Waals surface area contributed by atoms with Crippen LogP contribution in [0.3, 0.4) is 0 Å². The maximum absolute atomic E-state index is 13.7. The second-order valence-electron chi connectivity index (χ2n) is 12.4. The summed E-state index contributed by atoms with van der Waals surface area (Å²) >= 11 is 0.